The van der Waals surface area contributed by atoms with Gasteiger partial charge in [-0.2, -0.15) is 0 Å². The maximum Gasteiger partial charge on any atom is 0.159 e. The summed E-state index contributed by atoms with van der Waals surface area (Å²) in [6, 6.07) is 6.77. The predicted octanol–water partition coefficient (Wildman–Crippen LogP) is 3.50. The van der Waals surface area contributed by atoms with Crippen molar-refractivity contribution >= 4 is 6.29 Å². The average Bonchev–Trinajstić information content (AvgIpc) is 2.40. The predicted molar refractivity (Wildman–Crippen MR) is 62.5 cm³/mol. The van der Waals surface area contributed by atoms with Crippen LogP contribution in [0.1, 0.15) is 15.9 Å². The minimum atomic E-state index is -0.990. The van der Waals surface area contributed by atoms with Gasteiger partial charge < -0.3 is 4.74 Å². The summed E-state index contributed by atoms with van der Waals surface area (Å²) < 4.78 is 43.9. The third-order valence-corrected chi connectivity index (χ3v) is 2.48. The van der Waals surface area contributed by atoms with Crippen LogP contribution >= 0.6 is 0 Å². The van der Waals surface area contributed by atoms with E-state index in [4.69, 9.17) is 4.74 Å². The molecule has 98 valence electrons. The van der Waals surface area contributed by atoms with E-state index >= 15 is 0 Å². The summed E-state index contributed by atoms with van der Waals surface area (Å²) in [5.74, 6) is -2.44. The van der Waals surface area contributed by atoms with Gasteiger partial charge in [0.15, 0.2) is 17.9 Å². The van der Waals surface area contributed by atoms with Gasteiger partial charge in [-0.3, -0.25) is 4.79 Å². The molecule has 0 amide bonds. The standard InChI is InChI=1S/C14H9F3O2/c15-11-3-2-10(7-18)14(6-11)19-8-9-1-4-12(16)13(17)5-9/h1-7H,8H2. The van der Waals surface area contributed by atoms with Crippen molar-refractivity contribution < 1.29 is 22.7 Å². The van der Waals surface area contributed by atoms with E-state index in [2.05, 4.69) is 0 Å². The minimum Gasteiger partial charge on any atom is -0.488 e. The van der Waals surface area contributed by atoms with Gasteiger partial charge in [-0.25, -0.2) is 13.2 Å². The lowest BCUT2D eigenvalue weighted by Gasteiger charge is -2.08. The first kappa shape index (κ1) is 13.1. The summed E-state index contributed by atoms with van der Waals surface area (Å²) in [5, 5.41) is 0. The summed E-state index contributed by atoms with van der Waals surface area (Å²) in [5.41, 5.74) is 0.559. The van der Waals surface area contributed by atoms with E-state index in [1.54, 1.807) is 0 Å². The van der Waals surface area contributed by atoms with Crippen molar-refractivity contribution in [2.75, 3.05) is 0 Å². The van der Waals surface area contributed by atoms with Crippen LogP contribution in [0.4, 0.5) is 13.2 Å². The molecule has 0 radical (unpaired) electrons. The normalized spacial score (nSPS) is 10.3. The van der Waals surface area contributed by atoms with Crippen molar-refractivity contribution in [3.63, 3.8) is 0 Å². The maximum absolute atomic E-state index is 13.0. The topological polar surface area (TPSA) is 26.3 Å². The van der Waals surface area contributed by atoms with Crippen molar-refractivity contribution in [3.05, 3.63) is 65.0 Å². The Labute approximate surface area is 107 Å². The number of benzene rings is 2. The number of ether oxygens (including phenoxy) is 1. The molecule has 19 heavy (non-hydrogen) atoms. The number of carbonyl (C=O) groups excluding carboxylic acids is 1. The van der Waals surface area contributed by atoms with Crippen LogP contribution in [0.5, 0.6) is 5.75 Å². The molecular weight excluding hydrogens is 257 g/mol. The third-order valence-electron chi connectivity index (χ3n) is 2.48. The van der Waals surface area contributed by atoms with Crippen molar-refractivity contribution in [2.24, 2.45) is 0 Å². The molecule has 0 spiro atoms. The van der Waals surface area contributed by atoms with Crippen LogP contribution in [0.25, 0.3) is 0 Å². The average molecular weight is 266 g/mol. The summed E-state index contributed by atoms with van der Waals surface area (Å²) in [4.78, 5) is 10.7. The highest BCUT2D eigenvalue weighted by molar-refractivity contribution is 5.79. The lowest BCUT2D eigenvalue weighted by atomic mass is 10.2. The molecule has 2 nitrogen and oxygen atoms in total. The zero-order chi connectivity index (χ0) is 13.8. The van der Waals surface area contributed by atoms with Gasteiger partial charge in [-0.05, 0) is 29.8 Å². The van der Waals surface area contributed by atoms with E-state index in [0.717, 1.165) is 24.3 Å². The third kappa shape index (κ3) is 3.13. The fourth-order valence-corrected chi connectivity index (χ4v) is 1.52. The first-order valence-corrected chi connectivity index (χ1v) is 5.41. The Kier molecular flexibility index (Phi) is 3.85. The van der Waals surface area contributed by atoms with Crippen LogP contribution in [0, 0.1) is 17.5 Å². The quantitative estimate of drug-likeness (QED) is 0.792. The SMILES string of the molecule is O=Cc1ccc(F)cc1OCc1ccc(F)c(F)c1. The van der Waals surface area contributed by atoms with E-state index in [-0.39, 0.29) is 17.9 Å². The highest BCUT2D eigenvalue weighted by Gasteiger charge is 2.07. The van der Waals surface area contributed by atoms with Crippen LogP contribution in [-0.2, 0) is 6.61 Å². The van der Waals surface area contributed by atoms with E-state index in [9.17, 15) is 18.0 Å². The van der Waals surface area contributed by atoms with Gasteiger partial charge in [0.25, 0.3) is 0 Å². The number of aldehydes is 1. The molecule has 0 aliphatic heterocycles. The Morgan fingerprint density at radius 3 is 2.47 bits per heavy atom. The lowest BCUT2D eigenvalue weighted by molar-refractivity contribution is 0.111. The summed E-state index contributed by atoms with van der Waals surface area (Å²) >= 11 is 0. The fourth-order valence-electron chi connectivity index (χ4n) is 1.52. The molecule has 0 aliphatic rings. The van der Waals surface area contributed by atoms with Gasteiger partial charge in [0.2, 0.25) is 0 Å². The number of hydrogen-bond donors (Lipinski definition) is 0. The lowest BCUT2D eigenvalue weighted by Crippen LogP contribution is -2.00. The molecule has 0 bridgehead atoms. The van der Waals surface area contributed by atoms with E-state index in [1.165, 1.54) is 12.1 Å². The molecule has 2 aromatic carbocycles. The first-order chi connectivity index (χ1) is 9.10. The molecule has 0 saturated carbocycles. The molecular formula is C14H9F3O2. The summed E-state index contributed by atoms with van der Waals surface area (Å²) in [7, 11) is 0. The molecule has 0 atom stereocenters. The number of rotatable bonds is 4. The second-order valence-corrected chi connectivity index (χ2v) is 3.84. The van der Waals surface area contributed by atoms with Crippen molar-refractivity contribution in [3.8, 4) is 5.75 Å². The molecule has 5 heteroatoms. The smallest absolute Gasteiger partial charge is 0.159 e. The van der Waals surface area contributed by atoms with Crippen LogP contribution in [0.2, 0.25) is 0 Å². The Morgan fingerprint density at radius 2 is 1.79 bits per heavy atom. The molecule has 2 aromatic rings. The summed E-state index contributed by atoms with van der Waals surface area (Å²) in [6.07, 6.45) is 0.528. The molecule has 0 aromatic heterocycles. The minimum absolute atomic E-state index is 0.0553. The summed E-state index contributed by atoms with van der Waals surface area (Å²) in [6.45, 7) is -0.0957. The monoisotopic (exact) mass is 266 g/mol. The van der Waals surface area contributed by atoms with Gasteiger partial charge >= 0.3 is 0 Å². The van der Waals surface area contributed by atoms with Gasteiger partial charge in [0.1, 0.15) is 18.2 Å². The maximum atomic E-state index is 13.0. The number of carbonyl (C=O) groups is 1. The second kappa shape index (κ2) is 5.56. The Morgan fingerprint density at radius 1 is 1.00 bits per heavy atom. The van der Waals surface area contributed by atoms with Crippen LogP contribution in [0.3, 0.4) is 0 Å². The van der Waals surface area contributed by atoms with Gasteiger partial charge in [-0.1, -0.05) is 6.07 Å². The van der Waals surface area contributed by atoms with Crippen molar-refractivity contribution in [1.29, 1.82) is 0 Å². The molecule has 0 N–H and O–H groups in total. The fraction of sp³-hybridized carbons (Fsp3) is 0.0714. The van der Waals surface area contributed by atoms with Gasteiger partial charge in [0, 0.05) is 6.07 Å². The highest BCUT2D eigenvalue weighted by atomic mass is 19.2. The Balaban J connectivity index is 2.16. The largest absolute Gasteiger partial charge is 0.488 e. The van der Waals surface area contributed by atoms with E-state index < -0.39 is 17.5 Å². The Bertz CT molecular complexity index is 612. The molecule has 0 fully saturated rings. The van der Waals surface area contributed by atoms with E-state index in [1.807, 2.05) is 0 Å². The van der Waals surface area contributed by atoms with E-state index in [0.29, 0.717) is 11.8 Å². The highest BCUT2D eigenvalue weighted by Crippen LogP contribution is 2.20. The van der Waals surface area contributed by atoms with Crippen molar-refractivity contribution in [2.45, 2.75) is 6.61 Å². The van der Waals surface area contributed by atoms with Crippen molar-refractivity contribution in [1.82, 2.24) is 0 Å². The molecule has 0 heterocycles. The van der Waals surface area contributed by atoms with Crippen LogP contribution in [0.15, 0.2) is 36.4 Å². The molecule has 0 saturated heterocycles. The molecule has 0 aliphatic carbocycles. The molecule has 0 unspecified atom stereocenters. The zero-order valence-corrected chi connectivity index (χ0v) is 9.70. The first-order valence-electron chi connectivity index (χ1n) is 5.41. The number of hydrogen-bond acceptors (Lipinski definition) is 2. The zero-order valence-electron chi connectivity index (χ0n) is 9.70. The number of halogens is 3. The van der Waals surface area contributed by atoms with Crippen LogP contribution < -0.4 is 4.74 Å². The Hall–Kier alpha value is -2.30. The second-order valence-electron chi connectivity index (χ2n) is 3.84. The molecule has 2 rings (SSSR count). The van der Waals surface area contributed by atoms with Crippen LogP contribution in [-0.4, -0.2) is 6.29 Å². The van der Waals surface area contributed by atoms with Gasteiger partial charge in [-0.15, -0.1) is 0 Å². The van der Waals surface area contributed by atoms with Gasteiger partial charge in [0.05, 0.1) is 5.56 Å².